The Balaban J connectivity index is 1.77. The third kappa shape index (κ3) is 1.99. The predicted octanol–water partition coefficient (Wildman–Crippen LogP) is -0.111. The molecular weight excluding hydrogens is 220 g/mol. The highest BCUT2D eigenvalue weighted by molar-refractivity contribution is 5.41. The second kappa shape index (κ2) is 4.21. The van der Waals surface area contributed by atoms with Gasteiger partial charge in [-0.15, -0.1) is 0 Å². The highest BCUT2D eigenvalue weighted by Gasteiger charge is 2.43. The van der Waals surface area contributed by atoms with Crippen molar-refractivity contribution >= 4 is 5.82 Å². The smallest absolute Gasteiger partial charge is 0.187 e. The molecule has 0 aliphatic carbocycles. The minimum Gasteiger partial charge on any atom is -0.351 e. The molecule has 0 bridgehead atoms. The van der Waals surface area contributed by atoms with Gasteiger partial charge in [-0.25, -0.2) is 9.97 Å². The third-order valence-corrected chi connectivity index (χ3v) is 3.25. The summed E-state index contributed by atoms with van der Waals surface area (Å²) in [7, 11) is 0. The molecule has 0 saturated carbocycles. The average Bonchev–Trinajstić information content (AvgIpc) is 3.01. The maximum absolute atomic E-state index is 5.68. The molecule has 6 nitrogen and oxygen atoms in total. The maximum atomic E-state index is 5.68. The van der Waals surface area contributed by atoms with Crippen LogP contribution in [0.1, 0.15) is 12.1 Å². The highest BCUT2D eigenvalue weighted by atomic mass is 16.7. The Kier molecular flexibility index (Phi) is 2.70. The van der Waals surface area contributed by atoms with Crippen molar-refractivity contribution in [2.75, 3.05) is 31.2 Å². The summed E-state index contributed by atoms with van der Waals surface area (Å²) in [5.41, 5.74) is 6.43. The summed E-state index contributed by atoms with van der Waals surface area (Å²) in [4.78, 5) is 10.5. The van der Waals surface area contributed by atoms with Crippen molar-refractivity contribution in [1.82, 2.24) is 9.97 Å². The molecule has 0 aromatic carbocycles. The molecule has 0 amide bonds. The molecule has 2 N–H and O–H groups in total. The number of hydrogen-bond donors (Lipinski definition) is 1. The van der Waals surface area contributed by atoms with Crippen LogP contribution in [0.4, 0.5) is 5.82 Å². The molecule has 3 rings (SSSR count). The SMILES string of the molecule is NCc1cc(N2CCC3(C2)OCCO3)ncn1. The quantitative estimate of drug-likeness (QED) is 0.772. The number of nitrogens with two attached hydrogens (primary N) is 1. The van der Waals surface area contributed by atoms with Crippen LogP contribution in [0.5, 0.6) is 0 Å². The van der Waals surface area contributed by atoms with Crippen LogP contribution in [0.3, 0.4) is 0 Å². The van der Waals surface area contributed by atoms with Crippen molar-refractivity contribution in [2.45, 2.75) is 18.8 Å². The zero-order valence-corrected chi connectivity index (χ0v) is 9.63. The third-order valence-electron chi connectivity index (χ3n) is 3.25. The van der Waals surface area contributed by atoms with Gasteiger partial charge >= 0.3 is 0 Å². The Morgan fingerprint density at radius 3 is 2.94 bits per heavy atom. The lowest BCUT2D eigenvalue weighted by atomic mass is 10.2. The predicted molar refractivity (Wildman–Crippen MR) is 61.4 cm³/mol. The van der Waals surface area contributed by atoms with E-state index in [1.54, 1.807) is 6.33 Å². The van der Waals surface area contributed by atoms with Crippen molar-refractivity contribution in [2.24, 2.45) is 5.73 Å². The van der Waals surface area contributed by atoms with Gasteiger partial charge in [0, 0.05) is 25.6 Å². The molecule has 6 heteroatoms. The van der Waals surface area contributed by atoms with Gasteiger partial charge in [0.05, 0.1) is 25.5 Å². The molecule has 2 fully saturated rings. The number of ether oxygens (including phenoxy) is 2. The van der Waals surface area contributed by atoms with Gasteiger partial charge in [0.25, 0.3) is 0 Å². The number of anilines is 1. The van der Waals surface area contributed by atoms with Gasteiger partial charge in [-0.3, -0.25) is 0 Å². The Bertz CT molecular complexity index is 406. The second-order valence-electron chi connectivity index (χ2n) is 4.35. The van der Waals surface area contributed by atoms with Crippen molar-refractivity contribution in [3.63, 3.8) is 0 Å². The van der Waals surface area contributed by atoms with Gasteiger partial charge in [-0.2, -0.15) is 0 Å². The van der Waals surface area contributed by atoms with Crippen LogP contribution >= 0.6 is 0 Å². The summed E-state index contributed by atoms with van der Waals surface area (Å²) in [6, 6.07) is 1.92. The van der Waals surface area contributed by atoms with Crippen molar-refractivity contribution in [3.05, 3.63) is 18.1 Å². The Morgan fingerprint density at radius 2 is 2.18 bits per heavy atom. The first kappa shape index (κ1) is 10.9. The summed E-state index contributed by atoms with van der Waals surface area (Å²) in [5.74, 6) is 0.491. The number of rotatable bonds is 2. The largest absolute Gasteiger partial charge is 0.351 e. The van der Waals surface area contributed by atoms with E-state index in [4.69, 9.17) is 15.2 Å². The molecule has 0 unspecified atom stereocenters. The molecular formula is C11H16N4O2. The molecule has 2 aliphatic rings. The van der Waals surface area contributed by atoms with E-state index in [9.17, 15) is 0 Å². The standard InChI is InChI=1S/C11H16N4O2/c12-6-9-5-10(14-8-13-9)15-2-1-11(7-15)16-3-4-17-11/h5,8H,1-4,6-7,12H2. The van der Waals surface area contributed by atoms with E-state index in [2.05, 4.69) is 14.9 Å². The fraction of sp³-hybridized carbons (Fsp3) is 0.636. The number of aromatic nitrogens is 2. The topological polar surface area (TPSA) is 73.5 Å². The van der Waals surface area contributed by atoms with Gasteiger partial charge < -0.3 is 20.1 Å². The Hall–Kier alpha value is -1.24. The van der Waals surface area contributed by atoms with Crippen molar-refractivity contribution in [1.29, 1.82) is 0 Å². The molecule has 1 aromatic heterocycles. The minimum absolute atomic E-state index is 0.409. The Labute approximate surface area is 99.7 Å². The maximum Gasteiger partial charge on any atom is 0.187 e. The van der Waals surface area contributed by atoms with Gasteiger partial charge in [0.15, 0.2) is 5.79 Å². The second-order valence-corrected chi connectivity index (χ2v) is 4.35. The summed E-state index contributed by atoms with van der Waals surface area (Å²) >= 11 is 0. The summed E-state index contributed by atoms with van der Waals surface area (Å²) in [5, 5.41) is 0. The van der Waals surface area contributed by atoms with Crippen LogP contribution < -0.4 is 10.6 Å². The van der Waals surface area contributed by atoms with E-state index in [0.29, 0.717) is 19.8 Å². The van der Waals surface area contributed by atoms with Crippen LogP contribution in [-0.2, 0) is 16.0 Å². The van der Waals surface area contributed by atoms with Crippen LogP contribution in [0, 0.1) is 0 Å². The van der Waals surface area contributed by atoms with Crippen LogP contribution in [0.25, 0.3) is 0 Å². The van der Waals surface area contributed by atoms with Crippen molar-refractivity contribution < 1.29 is 9.47 Å². The number of nitrogens with zero attached hydrogens (tertiary/aromatic N) is 3. The normalized spacial score (nSPS) is 22.5. The monoisotopic (exact) mass is 236 g/mol. The van der Waals surface area contributed by atoms with E-state index >= 15 is 0 Å². The molecule has 17 heavy (non-hydrogen) atoms. The lowest BCUT2D eigenvalue weighted by Gasteiger charge is -2.22. The molecule has 2 aliphatic heterocycles. The fourth-order valence-corrected chi connectivity index (χ4v) is 2.35. The molecule has 0 atom stereocenters. The molecule has 2 saturated heterocycles. The summed E-state index contributed by atoms with van der Waals surface area (Å²) in [6.45, 7) is 3.42. The first-order valence-corrected chi connectivity index (χ1v) is 5.85. The average molecular weight is 236 g/mol. The first-order chi connectivity index (χ1) is 8.31. The van der Waals surface area contributed by atoms with E-state index in [-0.39, 0.29) is 0 Å². The summed E-state index contributed by atoms with van der Waals surface area (Å²) in [6.07, 6.45) is 2.44. The van der Waals surface area contributed by atoms with Gasteiger partial charge in [0.2, 0.25) is 0 Å². The van der Waals surface area contributed by atoms with Crippen LogP contribution in [0.2, 0.25) is 0 Å². The number of hydrogen-bond acceptors (Lipinski definition) is 6. The fourth-order valence-electron chi connectivity index (χ4n) is 2.35. The first-order valence-electron chi connectivity index (χ1n) is 5.85. The van der Waals surface area contributed by atoms with E-state index in [0.717, 1.165) is 31.0 Å². The highest BCUT2D eigenvalue weighted by Crippen LogP contribution is 2.32. The van der Waals surface area contributed by atoms with E-state index in [1.165, 1.54) is 0 Å². The summed E-state index contributed by atoms with van der Waals surface area (Å²) < 4.78 is 11.4. The lowest BCUT2D eigenvalue weighted by Crippen LogP contribution is -2.34. The molecule has 0 radical (unpaired) electrons. The molecule has 1 aromatic rings. The van der Waals surface area contributed by atoms with Gasteiger partial charge in [-0.1, -0.05) is 0 Å². The lowest BCUT2D eigenvalue weighted by molar-refractivity contribution is -0.137. The molecule has 92 valence electrons. The van der Waals surface area contributed by atoms with Gasteiger partial charge in [0.1, 0.15) is 12.1 Å². The van der Waals surface area contributed by atoms with Gasteiger partial charge in [-0.05, 0) is 0 Å². The Morgan fingerprint density at radius 1 is 1.35 bits per heavy atom. The van der Waals surface area contributed by atoms with Crippen LogP contribution in [-0.4, -0.2) is 42.1 Å². The zero-order chi connectivity index (χ0) is 11.7. The molecule has 3 heterocycles. The van der Waals surface area contributed by atoms with E-state index in [1.807, 2.05) is 6.07 Å². The van der Waals surface area contributed by atoms with E-state index < -0.39 is 5.79 Å². The minimum atomic E-state index is -0.409. The van der Waals surface area contributed by atoms with Crippen LogP contribution in [0.15, 0.2) is 12.4 Å². The zero-order valence-electron chi connectivity index (χ0n) is 9.63. The molecule has 1 spiro atoms. The van der Waals surface area contributed by atoms with Crippen molar-refractivity contribution in [3.8, 4) is 0 Å².